The molecule has 196 valence electrons. The Hall–Kier alpha value is -2.47. The molecule has 1 fully saturated rings. The van der Waals surface area contributed by atoms with Crippen molar-refractivity contribution in [1.82, 2.24) is 4.98 Å². The SMILES string of the molecule is CCCCCCC(C)(CC(=O)Nc1cccc(/C=C/c2nc(C3CCCCC3)cs2)c1)C(=O)OCC. The number of unbranched alkanes of at least 4 members (excludes halogenated alkanes) is 3. The van der Waals surface area contributed by atoms with Crippen LogP contribution in [0.25, 0.3) is 12.2 Å². The van der Waals surface area contributed by atoms with Gasteiger partial charge in [0, 0.05) is 23.4 Å². The topological polar surface area (TPSA) is 68.3 Å². The summed E-state index contributed by atoms with van der Waals surface area (Å²) < 4.78 is 5.32. The minimum absolute atomic E-state index is 0.112. The molecule has 1 heterocycles. The molecule has 2 aromatic rings. The Labute approximate surface area is 220 Å². The first-order valence-corrected chi connectivity index (χ1v) is 14.5. The van der Waals surface area contributed by atoms with Gasteiger partial charge in [-0.15, -0.1) is 11.3 Å². The van der Waals surface area contributed by atoms with Gasteiger partial charge < -0.3 is 10.1 Å². The number of hydrogen-bond acceptors (Lipinski definition) is 5. The van der Waals surface area contributed by atoms with Crippen LogP contribution in [-0.4, -0.2) is 23.5 Å². The molecule has 3 rings (SSSR count). The first-order chi connectivity index (χ1) is 17.4. The summed E-state index contributed by atoms with van der Waals surface area (Å²) in [5, 5.41) is 6.20. The molecule has 1 saturated carbocycles. The number of aromatic nitrogens is 1. The number of thiazole rings is 1. The lowest BCUT2D eigenvalue weighted by atomic mass is 9.81. The molecule has 1 unspecified atom stereocenters. The van der Waals surface area contributed by atoms with Crippen molar-refractivity contribution < 1.29 is 14.3 Å². The molecule has 0 radical (unpaired) electrons. The van der Waals surface area contributed by atoms with E-state index in [2.05, 4.69) is 17.6 Å². The lowest BCUT2D eigenvalue weighted by Crippen LogP contribution is -2.34. The third-order valence-corrected chi connectivity index (χ3v) is 7.88. The average Bonchev–Trinajstić information content (AvgIpc) is 3.35. The highest BCUT2D eigenvalue weighted by atomic mass is 32.1. The molecule has 1 aliphatic carbocycles. The molecule has 1 aromatic heterocycles. The number of nitrogens with one attached hydrogen (secondary N) is 1. The molecule has 1 aromatic carbocycles. The van der Waals surface area contributed by atoms with Gasteiger partial charge >= 0.3 is 5.97 Å². The molecule has 1 aliphatic rings. The molecule has 0 spiro atoms. The standard InChI is InChI=1S/C30H42N2O3S/c1-4-6-7-11-19-30(3,29(34)35-5-2)21-27(33)31-25-16-12-13-23(20-25)17-18-28-32-26(22-36-28)24-14-9-8-10-15-24/h12-13,16-18,20,22,24H,4-11,14-15,19,21H2,1-3H3,(H,31,33)/b18-17+. The third kappa shape index (κ3) is 8.58. The third-order valence-electron chi connectivity index (χ3n) is 7.05. The minimum Gasteiger partial charge on any atom is -0.466 e. The number of amides is 1. The summed E-state index contributed by atoms with van der Waals surface area (Å²) in [5.74, 6) is 0.159. The van der Waals surface area contributed by atoms with Gasteiger partial charge in [-0.3, -0.25) is 9.59 Å². The van der Waals surface area contributed by atoms with E-state index in [1.54, 1.807) is 18.3 Å². The van der Waals surface area contributed by atoms with Crippen molar-refractivity contribution in [2.24, 2.45) is 5.41 Å². The average molecular weight is 511 g/mol. The predicted molar refractivity (Wildman–Crippen MR) is 150 cm³/mol. The molecular formula is C30H42N2O3S. The number of rotatable bonds is 13. The number of esters is 1. The predicted octanol–water partition coefficient (Wildman–Crippen LogP) is 8.23. The molecule has 6 heteroatoms. The zero-order valence-corrected chi connectivity index (χ0v) is 23.0. The highest BCUT2D eigenvalue weighted by molar-refractivity contribution is 7.10. The number of ether oxygens (including phenoxy) is 1. The van der Waals surface area contributed by atoms with Crippen LogP contribution in [-0.2, 0) is 14.3 Å². The fraction of sp³-hybridized carbons (Fsp3) is 0.567. The first kappa shape index (κ1) is 28.1. The summed E-state index contributed by atoms with van der Waals surface area (Å²) in [6, 6.07) is 7.77. The van der Waals surface area contributed by atoms with Crippen LogP contribution in [0.1, 0.15) is 114 Å². The number of carbonyl (C=O) groups excluding carboxylic acids is 2. The highest BCUT2D eigenvalue weighted by Crippen LogP contribution is 2.34. The van der Waals surface area contributed by atoms with Crippen molar-refractivity contribution in [3.8, 4) is 0 Å². The summed E-state index contributed by atoms with van der Waals surface area (Å²) in [6.45, 7) is 6.13. The maximum atomic E-state index is 12.9. The van der Waals surface area contributed by atoms with Gasteiger partial charge in [0.2, 0.25) is 5.91 Å². The van der Waals surface area contributed by atoms with Crippen LogP contribution < -0.4 is 5.32 Å². The summed E-state index contributed by atoms with van der Waals surface area (Å²) >= 11 is 1.69. The van der Waals surface area contributed by atoms with Gasteiger partial charge in [0.25, 0.3) is 0 Å². The van der Waals surface area contributed by atoms with Crippen molar-refractivity contribution in [2.45, 2.75) is 97.3 Å². The Balaban J connectivity index is 1.60. The van der Waals surface area contributed by atoms with Crippen LogP contribution in [0, 0.1) is 5.41 Å². The van der Waals surface area contributed by atoms with Crippen molar-refractivity contribution in [2.75, 3.05) is 11.9 Å². The molecule has 5 nitrogen and oxygen atoms in total. The number of benzene rings is 1. The van der Waals surface area contributed by atoms with E-state index < -0.39 is 5.41 Å². The Bertz CT molecular complexity index is 1010. The van der Waals surface area contributed by atoms with E-state index in [9.17, 15) is 9.59 Å². The van der Waals surface area contributed by atoms with Crippen LogP contribution in [0.4, 0.5) is 5.69 Å². The summed E-state index contributed by atoms with van der Waals surface area (Å²) in [6.07, 6.45) is 15.6. The molecule has 0 aliphatic heterocycles. The van der Waals surface area contributed by atoms with E-state index >= 15 is 0 Å². The number of hydrogen-bond donors (Lipinski definition) is 1. The highest BCUT2D eigenvalue weighted by Gasteiger charge is 2.36. The van der Waals surface area contributed by atoms with E-state index in [1.165, 1.54) is 37.8 Å². The van der Waals surface area contributed by atoms with Gasteiger partial charge in [-0.25, -0.2) is 4.98 Å². The van der Waals surface area contributed by atoms with Crippen LogP contribution in [0.15, 0.2) is 29.6 Å². The fourth-order valence-electron chi connectivity index (χ4n) is 4.92. The van der Waals surface area contributed by atoms with E-state index in [0.29, 0.717) is 18.9 Å². The number of carbonyl (C=O) groups is 2. The molecule has 0 saturated heterocycles. The lowest BCUT2D eigenvalue weighted by Gasteiger charge is -2.26. The summed E-state index contributed by atoms with van der Waals surface area (Å²) in [7, 11) is 0. The molecule has 1 N–H and O–H groups in total. The first-order valence-electron chi connectivity index (χ1n) is 13.6. The Morgan fingerprint density at radius 2 is 1.94 bits per heavy atom. The van der Waals surface area contributed by atoms with Crippen LogP contribution in [0.3, 0.4) is 0 Å². The maximum absolute atomic E-state index is 12.9. The summed E-state index contributed by atoms with van der Waals surface area (Å²) in [5.41, 5.74) is 2.14. The number of nitrogens with zero attached hydrogens (tertiary/aromatic N) is 1. The largest absolute Gasteiger partial charge is 0.466 e. The van der Waals surface area contributed by atoms with Crippen LogP contribution in [0.2, 0.25) is 0 Å². The van der Waals surface area contributed by atoms with Gasteiger partial charge in [0.1, 0.15) is 5.01 Å². The zero-order valence-electron chi connectivity index (χ0n) is 22.2. The molecule has 1 atom stereocenters. The van der Waals surface area contributed by atoms with Crippen LogP contribution in [0.5, 0.6) is 0 Å². The maximum Gasteiger partial charge on any atom is 0.312 e. The zero-order chi connectivity index (χ0) is 25.8. The lowest BCUT2D eigenvalue weighted by molar-refractivity contribution is -0.156. The van der Waals surface area contributed by atoms with Crippen molar-refractivity contribution in [3.63, 3.8) is 0 Å². The van der Waals surface area contributed by atoms with Crippen molar-refractivity contribution in [1.29, 1.82) is 0 Å². The van der Waals surface area contributed by atoms with Gasteiger partial charge in [0.15, 0.2) is 0 Å². The molecule has 1 amide bonds. The second-order valence-electron chi connectivity index (χ2n) is 10.2. The Kier molecular flexibility index (Phi) is 11.2. The van der Waals surface area contributed by atoms with Crippen molar-refractivity contribution in [3.05, 3.63) is 45.9 Å². The van der Waals surface area contributed by atoms with Gasteiger partial charge in [-0.2, -0.15) is 0 Å². The van der Waals surface area contributed by atoms with E-state index in [-0.39, 0.29) is 18.3 Å². The van der Waals surface area contributed by atoms with Gasteiger partial charge in [-0.1, -0.05) is 70.1 Å². The van der Waals surface area contributed by atoms with E-state index in [4.69, 9.17) is 9.72 Å². The smallest absolute Gasteiger partial charge is 0.312 e. The van der Waals surface area contributed by atoms with Crippen molar-refractivity contribution >= 4 is 41.1 Å². The minimum atomic E-state index is -0.813. The van der Waals surface area contributed by atoms with Gasteiger partial charge in [0.05, 0.1) is 17.7 Å². The Morgan fingerprint density at radius 3 is 2.69 bits per heavy atom. The quantitative estimate of drug-likeness (QED) is 0.218. The fourth-order valence-corrected chi connectivity index (χ4v) is 5.71. The molecule has 36 heavy (non-hydrogen) atoms. The molecular weight excluding hydrogens is 468 g/mol. The monoisotopic (exact) mass is 510 g/mol. The van der Waals surface area contributed by atoms with Gasteiger partial charge in [-0.05, 0) is 56.9 Å². The second kappa shape index (κ2) is 14.3. The molecule has 0 bridgehead atoms. The number of anilines is 1. The van der Waals surface area contributed by atoms with Crippen LogP contribution >= 0.6 is 11.3 Å². The second-order valence-corrected chi connectivity index (χ2v) is 11.1. The van der Waals surface area contributed by atoms with E-state index in [1.807, 2.05) is 43.3 Å². The van der Waals surface area contributed by atoms with E-state index in [0.717, 1.165) is 41.9 Å². The normalized spacial score (nSPS) is 16.1. The Morgan fingerprint density at radius 1 is 1.14 bits per heavy atom. The summed E-state index contributed by atoms with van der Waals surface area (Å²) in [4.78, 5) is 30.4.